The van der Waals surface area contributed by atoms with E-state index >= 15 is 0 Å². The van der Waals surface area contributed by atoms with Crippen LogP contribution in [0.4, 0.5) is 5.69 Å². The molecule has 0 aliphatic rings. The summed E-state index contributed by atoms with van der Waals surface area (Å²) in [5.41, 5.74) is 1.85. The fourth-order valence-corrected chi connectivity index (χ4v) is 1.38. The average molecular weight is 184 g/mol. The van der Waals surface area contributed by atoms with Crippen molar-refractivity contribution in [3.63, 3.8) is 0 Å². The molecule has 0 atom stereocenters. The van der Waals surface area contributed by atoms with E-state index < -0.39 is 0 Å². The summed E-state index contributed by atoms with van der Waals surface area (Å²) in [6.07, 6.45) is 0. The number of pyridine rings is 1. The molecule has 2 aromatic rings. The van der Waals surface area contributed by atoms with Crippen LogP contribution in [0, 0.1) is 13.5 Å². The lowest BCUT2D eigenvalue weighted by Gasteiger charge is -2.02. The molecule has 2 rings (SSSR count). The summed E-state index contributed by atoms with van der Waals surface area (Å²) in [6, 6.07) is 6.74. The molecule has 1 N–H and O–H groups in total. The van der Waals surface area contributed by atoms with Gasteiger partial charge in [-0.15, -0.1) is 0 Å². The van der Waals surface area contributed by atoms with Crippen molar-refractivity contribution in [2.24, 2.45) is 0 Å². The lowest BCUT2D eigenvalue weighted by atomic mass is 10.1. The Bertz CT molecular complexity index is 541. The van der Waals surface area contributed by atoms with Crippen LogP contribution in [0.3, 0.4) is 0 Å². The molecule has 68 valence electrons. The molecule has 0 saturated heterocycles. The van der Waals surface area contributed by atoms with E-state index in [1.807, 2.05) is 19.1 Å². The van der Waals surface area contributed by atoms with Gasteiger partial charge < -0.3 is 5.11 Å². The number of rotatable bonds is 0. The molecule has 3 heteroatoms. The van der Waals surface area contributed by atoms with Crippen molar-refractivity contribution in [2.75, 3.05) is 0 Å². The number of hydrogen-bond acceptors (Lipinski definition) is 2. The molecular weight excluding hydrogens is 176 g/mol. The standard InChI is InChI=1S/C11H8N2O/c1-7-3-4-8-9(12-2)5-6-10(14)11(8)13-7/h3-6,14H,1H3. The number of hydrogen-bond donors (Lipinski definition) is 1. The Labute approximate surface area is 81.5 Å². The van der Waals surface area contributed by atoms with Gasteiger partial charge in [0.05, 0.1) is 6.57 Å². The molecule has 0 unspecified atom stereocenters. The van der Waals surface area contributed by atoms with Crippen LogP contribution < -0.4 is 0 Å². The van der Waals surface area contributed by atoms with Gasteiger partial charge in [-0.25, -0.2) is 4.85 Å². The normalized spacial score (nSPS) is 10.0. The van der Waals surface area contributed by atoms with Gasteiger partial charge in [0.2, 0.25) is 0 Å². The number of fused-ring (bicyclic) bond motifs is 1. The smallest absolute Gasteiger partial charge is 0.196 e. The van der Waals surface area contributed by atoms with E-state index in [9.17, 15) is 5.11 Å². The quantitative estimate of drug-likeness (QED) is 0.639. The summed E-state index contributed by atoms with van der Waals surface area (Å²) in [5, 5.41) is 10.2. The first kappa shape index (κ1) is 8.52. The zero-order valence-electron chi connectivity index (χ0n) is 7.65. The number of aromatic nitrogens is 1. The molecule has 14 heavy (non-hydrogen) atoms. The van der Waals surface area contributed by atoms with Crippen LogP contribution in [0.25, 0.3) is 15.7 Å². The molecule has 1 aromatic carbocycles. The molecule has 3 nitrogen and oxygen atoms in total. The number of phenols is 1. The Hall–Kier alpha value is -2.08. The highest BCUT2D eigenvalue weighted by Crippen LogP contribution is 2.31. The number of nitrogens with zero attached hydrogens (tertiary/aromatic N) is 2. The third-order valence-electron chi connectivity index (χ3n) is 2.07. The Kier molecular flexibility index (Phi) is 1.83. The van der Waals surface area contributed by atoms with Gasteiger partial charge in [0.25, 0.3) is 0 Å². The van der Waals surface area contributed by atoms with E-state index in [4.69, 9.17) is 6.57 Å². The van der Waals surface area contributed by atoms with E-state index in [-0.39, 0.29) is 5.75 Å². The van der Waals surface area contributed by atoms with Crippen LogP contribution in [-0.4, -0.2) is 10.1 Å². The van der Waals surface area contributed by atoms with Crippen molar-refractivity contribution >= 4 is 16.6 Å². The summed E-state index contributed by atoms with van der Waals surface area (Å²) >= 11 is 0. The Morgan fingerprint density at radius 1 is 1.29 bits per heavy atom. The molecule has 0 radical (unpaired) electrons. The molecular formula is C11H8N2O. The largest absolute Gasteiger partial charge is 0.506 e. The number of benzene rings is 1. The molecule has 0 saturated carbocycles. The van der Waals surface area contributed by atoms with Crippen LogP contribution >= 0.6 is 0 Å². The first-order valence-electron chi connectivity index (χ1n) is 4.19. The van der Waals surface area contributed by atoms with E-state index in [1.165, 1.54) is 6.07 Å². The molecule has 0 aliphatic carbocycles. The maximum absolute atomic E-state index is 9.55. The lowest BCUT2D eigenvalue weighted by Crippen LogP contribution is -1.83. The summed E-state index contributed by atoms with van der Waals surface area (Å²) in [4.78, 5) is 7.56. The third-order valence-corrected chi connectivity index (χ3v) is 2.07. The van der Waals surface area contributed by atoms with Crippen LogP contribution in [0.2, 0.25) is 0 Å². The number of aryl methyl sites for hydroxylation is 1. The van der Waals surface area contributed by atoms with Gasteiger partial charge >= 0.3 is 0 Å². The zero-order chi connectivity index (χ0) is 10.1. The van der Waals surface area contributed by atoms with Crippen LogP contribution in [0.15, 0.2) is 24.3 Å². The van der Waals surface area contributed by atoms with Crippen LogP contribution in [0.5, 0.6) is 5.75 Å². The van der Waals surface area contributed by atoms with Crippen molar-refractivity contribution in [3.05, 3.63) is 41.4 Å². The Balaban J connectivity index is 2.93. The first-order chi connectivity index (χ1) is 6.72. The molecule has 1 aromatic heterocycles. The topological polar surface area (TPSA) is 37.5 Å². The second-order valence-electron chi connectivity index (χ2n) is 3.06. The molecule has 1 heterocycles. The summed E-state index contributed by atoms with van der Waals surface area (Å²) < 4.78 is 0. The van der Waals surface area contributed by atoms with E-state index in [0.717, 1.165) is 5.69 Å². The van der Waals surface area contributed by atoms with Crippen LogP contribution in [-0.2, 0) is 0 Å². The van der Waals surface area contributed by atoms with Gasteiger partial charge in [0, 0.05) is 11.1 Å². The fourth-order valence-electron chi connectivity index (χ4n) is 1.38. The number of phenolic OH excluding ortho intramolecular Hbond substituents is 1. The Morgan fingerprint density at radius 2 is 2.07 bits per heavy atom. The SMILES string of the molecule is [C-]#[N+]c1ccc(O)c2nc(C)ccc12. The van der Waals surface area contributed by atoms with Crippen molar-refractivity contribution in [2.45, 2.75) is 6.92 Å². The van der Waals surface area contributed by atoms with Crippen molar-refractivity contribution in [3.8, 4) is 5.75 Å². The average Bonchev–Trinajstić information content (AvgIpc) is 2.19. The monoisotopic (exact) mass is 184 g/mol. The predicted octanol–water partition coefficient (Wildman–Crippen LogP) is 2.80. The molecule has 0 amide bonds. The second-order valence-corrected chi connectivity index (χ2v) is 3.06. The fraction of sp³-hybridized carbons (Fsp3) is 0.0909. The Morgan fingerprint density at radius 3 is 2.79 bits per heavy atom. The minimum Gasteiger partial charge on any atom is -0.506 e. The highest BCUT2D eigenvalue weighted by Gasteiger charge is 2.05. The molecule has 0 spiro atoms. The summed E-state index contributed by atoms with van der Waals surface area (Å²) in [6.45, 7) is 8.82. The number of aromatic hydroxyl groups is 1. The predicted molar refractivity (Wildman–Crippen MR) is 54.4 cm³/mol. The first-order valence-corrected chi connectivity index (χ1v) is 4.19. The van der Waals surface area contributed by atoms with Crippen molar-refractivity contribution in [1.82, 2.24) is 4.98 Å². The van der Waals surface area contributed by atoms with Gasteiger partial charge in [-0.3, -0.25) is 4.98 Å². The maximum Gasteiger partial charge on any atom is 0.196 e. The molecule has 0 bridgehead atoms. The second kappa shape index (κ2) is 3.00. The van der Waals surface area contributed by atoms with Crippen LogP contribution in [0.1, 0.15) is 5.69 Å². The zero-order valence-corrected chi connectivity index (χ0v) is 7.65. The lowest BCUT2D eigenvalue weighted by molar-refractivity contribution is 0.480. The van der Waals surface area contributed by atoms with Gasteiger partial charge in [-0.2, -0.15) is 0 Å². The summed E-state index contributed by atoms with van der Waals surface area (Å²) in [5.74, 6) is 0.121. The minimum atomic E-state index is 0.121. The highest BCUT2D eigenvalue weighted by atomic mass is 16.3. The van der Waals surface area contributed by atoms with Crippen molar-refractivity contribution in [1.29, 1.82) is 0 Å². The van der Waals surface area contributed by atoms with E-state index in [0.29, 0.717) is 16.6 Å². The highest BCUT2D eigenvalue weighted by molar-refractivity contribution is 5.95. The molecule has 0 aliphatic heterocycles. The third kappa shape index (κ3) is 1.17. The minimum absolute atomic E-state index is 0.121. The maximum atomic E-state index is 9.55. The van der Waals surface area contributed by atoms with E-state index in [1.54, 1.807) is 6.07 Å². The van der Waals surface area contributed by atoms with Gasteiger partial charge in [-0.05, 0) is 19.1 Å². The van der Waals surface area contributed by atoms with Gasteiger partial charge in [0.1, 0.15) is 11.3 Å². The van der Waals surface area contributed by atoms with E-state index in [2.05, 4.69) is 9.83 Å². The van der Waals surface area contributed by atoms with Gasteiger partial charge in [-0.1, -0.05) is 12.1 Å². The summed E-state index contributed by atoms with van der Waals surface area (Å²) in [7, 11) is 0. The molecule has 0 fully saturated rings. The van der Waals surface area contributed by atoms with Gasteiger partial charge in [0.15, 0.2) is 5.69 Å². The van der Waals surface area contributed by atoms with Crippen molar-refractivity contribution < 1.29 is 5.11 Å².